The third-order valence-electron chi connectivity index (χ3n) is 4.38. The van der Waals surface area contributed by atoms with Gasteiger partial charge in [-0.25, -0.2) is 4.98 Å². The number of benzene rings is 3. The molecule has 5 nitrogen and oxygen atoms in total. The summed E-state index contributed by atoms with van der Waals surface area (Å²) in [5, 5.41) is 12.7. The predicted octanol–water partition coefficient (Wildman–Crippen LogP) is 6.90. The first-order chi connectivity index (χ1) is 15.5. The van der Waals surface area contributed by atoms with Crippen molar-refractivity contribution < 1.29 is 4.79 Å². The lowest BCUT2D eigenvalue weighted by atomic mass is 10.0. The van der Waals surface area contributed by atoms with Crippen LogP contribution >= 0.6 is 46.6 Å². The van der Waals surface area contributed by atoms with Gasteiger partial charge in [-0.05, 0) is 12.1 Å². The van der Waals surface area contributed by atoms with E-state index in [0.717, 1.165) is 11.1 Å². The second kappa shape index (κ2) is 10.3. The molecule has 1 N–H and O–H groups in total. The van der Waals surface area contributed by atoms with E-state index in [9.17, 15) is 4.79 Å². The lowest BCUT2D eigenvalue weighted by Gasteiger charge is -2.10. The summed E-state index contributed by atoms with van der Waals surface area (Å²) in [6.45, 7) is 0. The Morgan fingerprint density at radius 2 is 1.38 bits per heavy atom. The summed E-state index contributed by atoms with van der Waals surface area (Å²) in [6, 6.07) is 22.5. The van der Waals surface area contributed by atoms with Gasteiger partial charge in [0.05, 0.1) is 26.5 Å². The summed E-state index contributed by atoms with van der Waals surface area (Å²) in [5.74, 6) is -0.218. The second-order valence-electron chi connectivity index (χ2n) is 6.61. The number of nitrogens with zero attached hydrogens (tertiary/aromatic N) is 3. The van der Waals surface area contributed by atoms with Crippen molar-refractivity contribution in [3.05, 3.63) is 87.9 Å². The van der Waals surface area contributed by atoms with E-state index in [-0.39, 0.29) is 11.7 Å². The zero-order valence-corrected chi connectivity index (χ0v) is 19.5. The first-order valence-corrected chi connectivity index (χ1v) is 11.6. The molecule has 4 rings (SSSR count). The van der Waals surface area contributed by atoms with Crippen molar-refractivity contribution in [2.75, 3.05) is 11.1 Å². The van der Waals surface area contributed by atoms with Crippen LogP contribution in [0.25, 0.3) is 22.5 Å². The average molecular weight is 502 g/mol. The fourth-order valence-electron chi connectivity index (χ4n) is 2.89. The van der Waals surface area contributed by atoms with Crippen LogP contribution in [-0.2, 0) is 4.79 Å². The van der Waals surface area contributed by atoms with Gasteiger partial charge >= 0.3 is 0 Å². The summed E-state index contributed by atoms with van der Waals surface area (Å²) in [7, 11) is 0. The van der Waals surface area contributed by atoms with Gasteiger partial charge in [-0.3, -0.25) is 4.79 Å². The lowest BCUT2D eigenvalue weighted by molar-refractivity contribution is -0.113. The molecular weight excluding hydrogens is 487 g/mol. The normalized spacial score (nSPS) is 10.7. The fraction of sp³-hybridized carbons (Fsp3) is 0.0435. The molecule has 0 aliphatic carbocycles. The largest absolute Gasteiger partial charge is 0.324 e. The summed E-state index contributed by atoms with van der Waals surface area (Å²) < 4.78 is 0. The van der Waals surface area contributed by atoms with Crippen LogP contribution in [-0.4, -0.2) is 26.8 Å². The third-order valence-corrected chi connectivity index (χ3v) is 6.25. The standard InChI is InChI=1S/C23H15Cl3N4OS/c24-16-11-18(26)19(12-17(16)25)27-20(31)13-32-23-28-21(14-7-3-1-4-8-14)22(29-30-23)15-9-5-2-6-10-15/h1-12H,13H2,(H,27,31). The van der Waals surface area contributed by atoms with Gasteiger partial charge in [0, 0.05) is 11.1 Å². The number of carbonyl (C=O) groups is 1. The Kier molecular flexibility index (Phi) is 7.27. The highest BCUT2D eigenvalue weighted by atomic mass is 35.5. The van der Waals surface area contributed by atoms with Crippen molar-refractivity contribution in [3.8, 4) is 22.5 Å². The number of amides is 1. The van der Waals surface area contributed by atoms with Crippen LogP contribution in [0.1, 0.15) is 0 Å². The molecule has 1 heterocycles. The highest BCUT2D eigenvalue weighted by Crippen LogP contribution is 2.33. The predicted molar refractivity (Wildman–Crippen MR) is 132 cm³/mol. The van der Waals surface area contributed by atoms with Crippen molar-refractivity contribution in [1.29, 1.82) is 0 Å². The molecule has 0 fully saturated rings. The highest BCUT2D eigenvalue weighted by Gasteiger charge is 2.15. The van der Waals surface area contributed by atoms with E-state index in [1.165, 1.54) is 23.9 Å². The number of aromatic nitrogens is 3. The SMILES string of the molecule is O=C(CSc1nnc(-c2ccccc2)c(-c2ccccc2)n1)Nc1cc(Cl)c(Cl)cc1Cl. The molecular formula is C23H15Cl3N4OS. The third kappa shape index (κ3) is 5.40. The van der Waals surface area contributed by atoms with Crippen molar-refractivity contribution in [2.24, 2.45) is 0 Å². The zero-order valence-electron chi connectivity index (χ0n) is 16.4. The maximum Gasteiger partial charge on any atom is 0.234 e. The van der Waals surface area contributed by atoms with Crippen molar-refractivity contribution in [3.63, 3.8) is 0 Å². The number of carbonyl (C=O) groups excluding carboxylic acids is 1. The van der Waals surface area contributed by atoms with Crippen LogP contribution in [0, 0.1) is 0 Å². The van der Waals surface area contributed by atoms with E-state index < -0.39 is 0 Å². The lowest BCUT2D eigenvalue weighted by Crippen LogP contribution is -2.15. The monoisotopic (exact) mass is 500 g/mol. The molecule has 0 unspecified atom stereocenters. The van der Waals surface area contributed by atoms with Crippen molar-refractivity contribution in [2.45, 2.75) is 5.16 Å². The second-order valence-corrected chi connectivity index (χ2v) is 8.77. The summed E-state index contributed by atoms with van der Waals surface area (Å²) >= 11 is 19.2. The molecule has 160 valence electrons. The Labute approximate surface area is 204 Å². The summed E-state index contributed by atoms with van der Waals surface area (Å²) in [4.78, 5) is 17.1. The Hall–Kier alpha value is -2.64. The fourth-order valence-corrected chi connectivity index (χ4v) is 4.08. The topological polar surface area (TPSA) is 67.8 Å². The molecule has 4 aromatic rings. The minimum atomic E-state index is -0.285. The molecule has 0 spiro atoms. The summed E-state index contributed by atoms with van der Waals surface area (Å²) in [6.07, 6.45) is 0. The first-order valence-electron chi connectivity index (χ1n) is 9.44. The quantitative estimate of drug-likeness (QED) is 0.230. The molecule has 3 aromatic carbocycles. The van der Waals surface area contributed by atoms with Crippen LogP contribution in [0.2, 0.25) is 15.1 Å². The molecule has 0 saturated heterocycles. The van der Waals surface area contributed by atoms with Gasteiger partial charge in [0.15, 0.2) is 0 Å². The van der Waals surface area contributed by atoms with Crippen molar-refractivity contribution in [1.82, 2.24) is 15.2 Å². The van der Waals surface area contributed by atoms with E-state index in [1.54, 1.807) is 0 Å². The van der Waals surface area contributed by atoms with Crippen LogP contribution in [0.3, 0.4) is 0 Å². The van der Waals surface area contributed by atoms with E-state index >= 15 is 0 Å². The molecule has 1 amide bonds. The Morgan fingerprint density at radius 1 is 0.781 bits per heavy atom. The van der Waals surface area contributed by atoms with Gasteiger partial charge in [-0.2, -0.15) is 0 Å². The van der Waals surface area contributed by atoms with E-state index in [2.05, 4.69) is 20.5 Å². The maximum absolute atomic E-state index is 12.4. The number of hydrogen-bond acceptors (Lipinski definition) is 5. The number of thioether (sulfide) groups is 1. The molecule has 0 saturated carbocycles. The number of halogens is 3. The van der Waals surface area contributed by atoms with Gasteiger partial charge in [-0.15, -0.1) is 10.2 Å². The number of hydrogen-bond donors (Lipinski definition) is 1. The van der Waals surface area contributed by atoms with E-state index in [0.29, 0.717) is 37.3 Å². The molecule has 0 bridgehead atoms. The van der Waals surface area contributed by atoms with E-state index in [4.69, 9.17) is 34.8 Å². The van der Waals surface area contributed by atoms with Gasteiger partial charge in [-0.1, -0.05) is 107 Å². The number of rotatable bonds is 6. The Balaban J connectivity index is 1.54. The van der Waals surface area contributed by atoms with Gasteiger partial charge in [0.25, 0.3) is 0 Å². The van der Waals surface area contributed by atoms with E-state index in [1.807, 2.05) is 60.7 Å². The van der Waals surface area contributed by atoms with Gasteiger partial charge < -0.3 is 5.32 Å². The van der Waals surface area contributed by atoms with Crippen LogP contribution < -0.4 is 5.32 Å². The molecule has 0 aliphatic heterocycles. The minimum Gasteiger partial charge on any atom is -0.324 e. The maximum atomic E-state index is 12.4. The molecule has 1 aromatic heterocycles. The molecule has 32 heavy (non-hydrogen) atoms. The Bertz CT molecular complexity index is 1260. The zero-order chi connectivity index (χ0) is 22.5. The van der Waals surface area contributed by atoms with Crippen LogP contribution in [0.4, 0.5) is 5.69 Å². The van der Waals surface area contributed by atoms with Crippen LogP contribution in [0.5, 0.6) is 0 Å². The van der Waals surface area contributed by atoms with Crippen molar-refractivity contribution >= 4 is 58.2 Å². The Morgan fingerprint density at radius 3 is 2.03 bits per heavy atom. The molecule has 9 heteroatoms. The number of nitrogens with one attached hydrogen (secondary N) is 1. The minimum absolute atomic E-state index is 0.0666. The molecule has 0 aliphatic rings. The van der Waals surface area contributed by atoms with Crippen LogP contribution in [0.15, 0.2) is 78.0 Å². The first kappa shape index (κ1) is 22.6. The molecule has 0 radical (unpaired) electrons. The molecule has 0 atom stereocenters. The smallest absolute Gasteiger partial charge is 0.234 e. The summed E-state index contributed by atoms with van der Waals surface area (Å²) in [5.41, 5.74) is 3.58. The average Bonchev–Trinajstić information content (AvgIpc) is 2.82. The highest BCUT2D eigenvalue weighted by molar-refractivity contribution is 7.99. The van der Waals surface area contributed by atoms with Gasteiger partial charge in [0.1, 0.15) is 11.4 Å². The van der Waals surface area contributed by atoms with Gasteiger partial charge in [0.2, 0.25) is 11.1 Å². The number of anilines is 1.